The van der Waals surface area contributed by atoms with E-state index < -0.39 is 6.04 Å². The summed E-state index contributed by atoms with van der Waals surface area (Å²) in [4.78, 5) is 36.1. The minimum absolute atomic E-state index is 0.124. The maximum Gasteiger partial charge on any atom is 0.251 e. The van der Waals surface area contributed by atoms with E-state index in [0.717, 1.165) is 17.7 Å². The minimum Gasteiger partial charge on any atom is -0.382 e. The van der Waals surface area contributed by atoms with Crippen molar-refractivity contribution in [2.24, 2.45) is 0 Å². The second kappa shape index (κ2) is 11.2. The fourth-order valence-electron chi connectivity index (χ4n) is 4.12. The molecule has 3 N–H and O–H groups in total. The molecule has 1 aromatic carbocycles. The van der Waals surface area contributed by atoms with Gasteiger partial charge >= 0.3 is 0 Å². The van der Waals surface area contributed by atoms with E-state index in [-0.39, 0.29) is 17.3 Å². The first-order valence-electron chi connectivity index (χ1n) is 12.2. The maximum absolute atomic E-state index is 12.9. The fourth-order valence-corrected chi connectivity index (χ4v) is 4.12. The molecule has 4 rings (SSSR count). The molecule has 0 spiro atoms. The number of amides is 1. The van der Waals surface area contributed by atoms with Gasteiger partial charge in [-0.25, -0.2) is 9.97 Å². The van der Waals surface area contributed by atoms with Crippen LogP contribution in [0.5, 0.6) is 0 Å². The summed E-state index contributed by atoms with van der Waals surface area (Å²) >= 11 is 0. The lowest BCUT2D eigenvalue weighted by molar-refractivity contribution is -0.133. The first kappa shape index (κ1) is 25.8. The van der Waals surface area contributed by atoms with Crippen LogP contribution >= 0.6 is 0 Å². The average Bonchev–Trinajstić information content (AvgIpc) is 3.40. The highest BCUT2D eigenvalue weighted by Crippen LogP contribution is 2.29. The lowest BCUT2D eigenvalue weighted by atomic mass is 10.1. The molecule has 10 heteroatoms. The Labute approximate surface area is 215 Å². The van der Waals surface area contributed by atoms with Crippen LogP contribution in [0.25, 0.3) is 34.0 Å². The molecule has 0 saturated heterocycles. The SMILES string of the molecule is CCN(CC)C(=O)C(C)n1cc(-c2cnc(N)c(-c3cc(-c4ccc(CNC)cc4)no3)n2)ccc1=O. The zero-order valence-electron chi connectivity index (χ0n) is 21.4. The predicted molar refractivity (Wildman–Crippen MR) is 142 cm³/mol. The van der Waals surface area contributed by atoms with Crippen molar-refractivity contribution in [2.75, 3.05) is 25.9 Å². The zero-order chi connectivity index (χ0) is 26.5. The summed E-state index contributed by atoms with van der Waals surface area (Å²) < 4.78 is 6.98. The van der Waals surface area contributed by atoms with E-state index in [0.29, 0.717) is 41.5 Å². The van der Waals surface area contributed by atoms with Crippen molar-refractivity contribution in [3.05, 3.63) is 70.8 Å². The molecule has 1 unspecified atom stereocenters. The van der Waals surface area contributed by atoms with Gasteiger partial charge in [0.1, 0.15) is 11.7 Å². The molecule has 0 radical (unpaired) electrons. The molecule has 192 valence electrons. The van der Waals surface area contributed by atoms with Crippen LogP contribution in [0.3, 0.4) is 0 Å². The van der Waals surface area contributed by atoms with Gasteiger partial charge in [0.2, 0.25) is 5.91 Å². The van der Waals surface area contributed by atoms with E-state index in [9.17, 15) is 9.59 Å². The van der Waals surface area contributed by atoms with Gasteiger partial charge in [-0.2, -0.15) is 0 Å². The number of benzene rings is 1. The Kier molecular flexibility index (Phi) is 7.78. The van der Waals surface area contributed by atoms with Crippen LogP contribution in [0.4, 0.5) is 5.82 Å². The number of nitrogen functional groups attached to an aromatic ring is 1. The highest BCUT2D eigenvalue weighted by atomic mass is 16.5. The Morgan fingerprint density at radius 2 is 1.81 bits per heavy atom. The summed E-state index contributed by atoms with van der Waals surface area (Å²) in [6.07, 6.45) is 3.15. The summed E-state index contributed by atoms with van der Waals surface area (Å²) in [7, 11) is 1.90. The van der Waals surface area contributed by atoms with Crippen molar-refractivity contribution in [1.82, 2.24) is 29.9 Å². The number of hydrogen-bond acceptors (Lipinski definition) is 8. The largest absolute Gasteiger partial charge is 0.382 e. The lowest BCUT2D eigenvalue weighted by Gasteiger charge is -2.24. The molecule has 0 saturated carbocycles. The van der Waals surface area contributed by atoms with E-state index in [1.165, 1.54) is 16.8 Å². The molecular weight excluding hydrogens is 470 g/mol. The van der Waals surface area contributed by atoms with Gasteiger partial charge in [0, 0.05) is 49.1 Å². The summed E-state index contributed by atoms with van der Waals surface area (Å²) in [6, 6.07) is 12.2. The molecule has 1 amide bonds. The number of rotatable bonds is 9. The number of carbonyl (C=O) groups excluding carboxylic acids is 1. The van der Waals surface area contributed by atoms with Crippen molar-refractivity contribution in [2.45, 2.75) is 33.4 Å². The smallest absolute Gasteiger partial charge is 0.251 e. The van der Waals surface area contributed by atoms with Crippen molar-refractivity contribution in [1.29, 1.82) is 0 Å². The molecule has 0 bridgehead atoms. The summed E-state index contributed by atoms with van der Waals surface area (Å²) in [5, 5.41) is 7.30. The molecule has 3 heterocycles. The van der Waals surface area contributed by atoms with Crippen molar-refractivity contribution in [3.63, 3.8) is 0 Å². The average molecular weight is 502 g/mol. The fraction of sp³-hybridized carbons (Fsp3) is 0.296. The van der Waals surface area contributed by atoms with Crippen molar-refractivity contribution >= 4 is 11.7 Å². The molecule has 0 aliphatic heterocycles. The maximum atomic E-state index is 12.9. The van der Waals surface area contributed by atoms with E-state index in [2.05, 4.69) is 20.4 Å². The monoisotopic (exact) mass is 501 g/mol. The Hall–Kier alpha value is -4.31. The standard InChI is InChI=1S/C27H31N7O3/c1-5-33(6-2)27(36)17(3)34-16-20(11-12-24(34)35)22-15-30-26(28)25(31-22)23-13-21(32-37-23)19-9-7-18(8-10-19)14-29-4/h7-13,15-17,29H,5-6,14H2,1-4H3,(H2,28,30). The van der Waals surface area contributed by atoms with E-state index in [1.54, 1.807) is 30.2 Å². The number of likely N-dealkylation sites (N-methyl/N-ethyl adjacent to an activating group) is 1. The Morgan fingerprint density at radius 1 is 1.11 bits per heavy atom. The van der Waals surface area contributed by atoms with Crippen LogP contribution in [0.2, 0.25) is 0 Å². The molecule has 3 aromatic heterocycles. The highest BCUT2D eigenvalue weighted by Gasteiger charge is 2.22. The van der Waals surface area contributed by atoms with Gasteiger partial charge in [-0.05, 0) is 39.4 Å². The van der Waals surface area contributed by atoms with Gasteiger partial charge in [-0.1, -0.05) is 29.4 Å². The van der Waals surface area contributed by atoms with Gasteiger partial charge in [-0.15, -0.1) is 0 Å². The summed E-state index contributed by atoms with van der Waals surface area (Å²) in [6.45, 7) is 7.45. The normalized spacial score (nSPS) is 11.9. The first-order valence-corrected chi connectivity index (χ1v) is 12.2. The number of nitrogens with two attached hydrogens (primary N) is 1. The molecule has 0 fully saturated rings. The molecule has 1 atom stereocenters. The van der Waals surface area contributed by atoms with E-state index >= 15 is 0 Å². The number of nitrogens with zero attached hydrogens (tertiary/aromatic N) is 5. The van der Waals surface area contributed by atoms with E-state index in [4.69, 9.17) is 10.3 Å². The minimum atomic E-state index is -0.662. The third-order valence-electron chi connectivity index (χ3n) is 6.26. The number of carbonyl (C=O) groups is 1. The Morgan fingerprint density at radius 3 is 2.49 bits per heavy atom. The quantitative estimate of drug-likeness (QED) is 0.357. The Bertz CT molecular complexity index is 1440. The topological polar surface area (TPSA) is 132 Å². The zero-order valence-corrected chi connectivity index (χ0v) is 21.4. The van der Waals surface area contributed by atoms with Gasteiger partial charge in [-0.3, -0.25) is 9.59 Å². The van der Waals surface area contributed by atoms with Gasteiger partial charge in [0.15, 0.2) is 17.3 Å². The number of pyridine rings is 1. The van der Waals surface area contributed by atoms with Gasteiger partial charge < -0.3 is 25.0 Å². The van der Waals surface area contributed by atoms with Gasteiger partial charge in [0.25, 0.3) is 5.56 Å². The van der Waals surface area contributed by atoms with Crippen molar-refractivity contribution < 1.29 is 9.32 Å². The van der Waals surface area contributed by atoms with Gasteiger partial charge in [0.05, 0.1) is 11.9 Å². The van der Waals surface area contributed by atoms with Crippen LogP contribution in [0.1, 0.15) is 32.4 Å². The molecule has 0 aliphatic rings. The highest BCUT2D eigenvalue weighted by molar-refractivity contribution is 5.80. The molecule has 10 nitrogen and oxygen atoms in total. The van der Waals surface area contributed by atoms with Crippen LogP contribution in [0.15, 0.2) is 64.2 Å². The second-order valence-corrected chi connectivity index (χ2v) is 8.64. The number of nitrogens with one attached hydrogen (secondary N) is 1. The molecule has 0 aliphatic carbocycles. The number of anilines is 1. The summed E-state index contributed by atoms with van der Waals surface area (Å²) in [5.74, 6) is 0.440. The van der Waals surface area contributed by atoms with Crippen LogP contribution in [0, 0.1) is 0 Å². The van der Waals surface area contributed by atoms with Crippen LogP contribution in [-0.4, -0.2) is 50.6 Å². The van der Waals surface area contributed by atoms with E-state index in [1.807, 2.05) is 45.2 Å². The molecule has 4 aromatic rings. The molecular formula is C27H31N7O3. The third-order valence-corrected chi connectivity index (χ3v) is 6.26. The predicted octanol–water partition coefficient (Wildman–Crippen LogP) is 3.36. The lowest BCUT2D eigenvalue weighted by Crippen LogP contribution is -2.38. The third kappa shape index (κ3) is 5.44. The number of aromatic nitrogens is 4. The number of hydrogen-bond donors (Lipinski definition) is 2. The van der Waals surface area contributed by atoms with Crippen LogP contribution < -0.4 is 16.6 Å². The second-order valence-electron chi connectivity index (χ2n) is 8.64. The summed E-state index contributed by atoms with van der Waals surface area (Å²) in [5.41, 5.74) is 10.0. The Balaban J connectivity index is 1.66. The van der Waals surface area contributed by atoms with Crippen molar-refractivity contribution in [3.8, 4) is 34.0 Å². The molecule has 37 heavy (non-hydrogen) atoms. The van der Waals surface area contributed by atoms with Crippen LogP contribution in [-0.2, 0) is 11.3 Å². The first-order chi connectivity index (χ1) is 17.9.